The molecule has 0 atom stereocenters. The molecule has 8 heteroatoms. The molecule has 29 heavy (non-hydrogen) atoms. The van der Waals surface area contributed by atoms with Crippen molar-refractivity contribution in [1.29, 1.82) is 0 Å². The molecule has 146 valence electrons. The zero-order valence-corrected chi connectivity index (χ0v) is 17.2. The minimum absolute atomic E-state index is 0.0855. The van der Waals surface area contributed by atoms with E-state index in [1.807, 2.05) is 0 Å². The summed E-state index contributed by atoms with van der Waals surface area (Å²) >= 11 is 17.1. The Balaban J connectivity index is 1.64. The van der Waals surface area contributed by atoms with E-state index in [4.69, 9.17) is 35.4 Å². The molecule has 3 aromatic carbocycles. The van der Waals surface area contributed by atoms with E-state index in [2.05, 4.69) is 16.0 Å². The lowest BCUT2D eigenvalue weighted by molar-refractivity contribution is 0.0976. The zero-order valence-electron chi connectivity index (χ0n) is 14.9. The smallest absolute Gasteiger partial charge is 0.258 e. The number of hydrogen-bond acceptors (Lipinski definition) is 3. The molecular weight excluding hydrogens is 429 g/mol. The van der Waals surface area contributed by atoms with Crippen LogP contribution in [-0.2, 0) is 0 Å². The van der Waals surface area contributed by atoms with Gasteiger partial charge in [0.25, 0.3) is 11.8 Å². The average molecular weight is 444 g/mol. The van der Waals surface area contributed by atoms with Gasteiger partial charge in [-0.15, -0.1) is 0 Å². The zero-order chi connectivity index (χ0) is 20.8. The van der Waals surface area contributed by atoms with Crippen molar-refractivity contribution in [1.82, 2.24) is 5.32 Å². The third-order valence-electron chi connectivity index (χ3n) is 3.81. The highest BCUT2D eigenvalue weighted by molar-refractivity contribution is 7.80. The third kappa shape index (κ3) is 5.77. The number of halogens is 2. The van der Waals surface area contributed by atoms with Gasteiger partial charge in [0.1, 0.15) is 0 Å². The summed E-state index contributed by atoms with van der Waals surface area (Å²) < 4.78 is 0. The van der Waals surface area contributed by atoms with Crippen molar-refractivity contribution in [2.45, 2.75) is 0 Å². The molecule has 0 saturated heterocycles. The van der Waals surface area contributed by atoms with Crippen LogP contribution in [0.1, 0.15) is 20.7 Å². The van der Waals surface area contributed by atoms with E-state index in [9.17, 15) is 9.59 Å². The van der Waals surface area contributed by atoms with Crippen LogP contribution >= 0.6 is 35.4 Å². The Morgan fingerprint density at radius 3 is 2.17 bits per heavy atom. The summed E-state index contributed by atoms with van der Waals surface area (Å²) in [5, 5.41) is 9.16. The van der Waals surface area contributed by atoms with Crippen LogP contribution in [0, 0.1) is 0 Å². The monoisotopic (exact) mass is 443 g/mol. The van der Waals surface area contributed by atoms with Gasteiger partial charge in [0.2, 0.25) is 0 Å². The van der Waals surface area contributed by atoms with Gasteiger partial charge in [-0.1, -0.05) is 47.5 Å². The van der Waals surface area contributed by atoms with Crippen LogP contribution in [0.4, 0.5) is 11.4 Å². The second-order valence-corrected chi connectivity index (χ2v) is 7.19. The second kappa shape index (κ2) is 9.52. The van der Waals surface area contributed by atoms with Crippen molar-refractivity contribution in [3.8, 4) is 0 Å². The first-order chi connectivity index (χ1) is 13.9. The molecular formula is C21H15Cl2N3O2S. The van der Waals surface area contributed by atoms with Gasteiger partial charge < -0.3 is 10.6 Å². The number of amides is 2. The summed E-state index contributed by atoms with van der Waals surface area (Å²) in [5.41, 5.74) is 1.86. The van der Waals surface area contributed by atoms with E-state index in [0.717, 1.165) is 0 Å². The molecule has 0 aliphatic carbocycles. The lowest BCUT2D eigenvalue weighted by atomic mass is 10.2. The van der Waals surface area contributed by atoms with Crippen molar-refractivity contribution < 1.29 is 9.59 Å². The van der Waals surface area contributed by atoms with Gasteiger partial charge in [0, 0.05) is 22.0 Å². The normalized spacial score (nSPS) is 10.1. The van der Waals surface area contributed by atoms with Gasteiger partial charge in [-0.05, 0) is 60.7 Å². The Morgan fingerprint density at radius 2 is 1.45 bits per heavy atom. The molecule has 0 aliphatic rings. The second-order valence-electron chi connectivity index (χ2n) is 5.93. The first-order valence-corrected chi connectivity index (χ1v) is 9.62. The third-order valence-corrected chi connectivity index (χ3v) is 4.58. The number of carbonyl (C=O) groups is 2. The predicted molar refractivity (Wildman–Crippen MR) is 121 cm³/mol. The summed E-state index contributed by atoms with van der Waals surface area (Å²) in [6.07, 6.45) is 0. The SMILES string of the molecule is O=C(Nc1cccc(Cl)c1)c1cccc(NC(=S)NC(=O)c2ccccc2Cl)c1. The lowest BCUT2D eigenvalue weighted by Crippen LogP contribution is -2.34. The highest BCUT2D eigenvalue weighted by Gasteiger charge is 2.12. The van der Waals surface area contributed by atoms with Crippen molar-refractivity contribution in [3.63, 3.8) is 0 Å². The molecule has 0 heterocycles. The summed E-state index contributed by atoms with van der Waals surface area (Å²) in [4.78, 5) is 24.7. The number of rotatable bonds is 4. The minimum atomic E-state index is -0.428. The largest absolute Gasteiger partial charge is 0.332 e. The molecule has 3 aromatic rings. The number of carbonyl (C=O) groups excluding carboxylic acids is 2. The quantitative estimate of drug-likeness (QED) is 0.473. The van der Waals surface area contributed by atoms with Gasteiger partial charge in [-0.3, -0.25) is 14.9 Å². The molecule has 0 aliphatic heterocycles. The number of thiocarbonyl (C=S) groups is 1. The van der Waals surface area contributed by atoms with Crippen LogP contribution in [0.5, 0.6) is 0 Å². The number of anilines is 2. The average Bonchev–Trinajstić information content (AvgIpc) is 2.68. The molecule has 0 bridgehead atoms. The maximum Gasteiger partial charge on any atom is 0.258 e. The van der Waals surface area contributed by atoms with E-state index in [0.29, 0.717) is 32.5 Å². The number of hydrogen-bond donors (Lipinski definition) is 3. The van der Waals surface area contributed by atoms with Crippen LogP contribution < -0.4 is 16.0 Å². The molecule has 0 unspecified atom stereocenters. The maximum atomic E-state index is 12.5. The lowest BCUT2D eigenvalue weighted by Gasteiger charge is -2.11. The van der Waals surface area contributed by atoms with Crippen molar-refractivity contribution in [2.24, 2.45) is 0 Å². The first kappa shape index (κ1) is 20.8. The van der Waals surface area contributed by atoms with E-state index >= 15 is 0 Å². The van der Waals surface area contributed by atoms with Gasteiger partial charge in [0.15, 0.2) is 5.11 Å². The Hall–Kier alpha value is -2.93. The Labute approximate surface area is 183 Å². The molecule has 2 amide bonds. The number of nitrogens with one attached hydrogen (secondary N) is 3. The molecule has 0 saturated carbocycles. The van der Waals surface area contributed by atoms with Crippen LogP contribution in [0.2, 0.25) is 10.0 Å². The highest BCUT2D eigenvalue weighted by atomic mass is 35.5. The summed E-state index contributed by atoms with van der Waals surface area (Å²) in [6.45, 7) is 0. The van der Waals surface area contributed by atoms with E-state index < -0.39 is 5.91 Å². The fourth-order valence-electron chi connectivity index (χ4n) is 2.49. The highest BCUT2D eigenvalue weighted by Crippen LogP contribution is 2.18. The summed E-state index contributed by atoms with van der Waals surface area (Å²) in [5.74, 6) is -0.732. The van der Waals surface area contributed by atoms with Gasteiger partial charge in [0.05, 0.1) is 10.6 Å². The number of benzene rings is 3. The molecule has 3 N–H and O–H groups in total. The Morgan fingerprint density at radius 1 is 0.759 bits per heavy atom. The fraction of sp³-hybridized carbons (Fsp3) is 0. The molecule has 5 nitrogen and oxygen atoms in total. The summed E-state index contributed by atoms with van der Waals surface area (Å²) in [7, 11) is 0. The van der Waals surface area contributed by atoms with Crippen LogP contribution in [-0.4, -0.2) is 16.9 Å². The minimum Gasteiger partial charge on any atom is -0.332 e. The van der Waals surface area contributed by atoms with Gasteiger partial charge in [-0.25, -0.2) is 0 Å². The predicted octanol–water partition coefficient (Wildman–Crippen LogP) is 5.37. The maximum absolute atomic E-state index is 12.5. The van der Waals surface area contributed by atoms with Gasteiger partial charge >= 0.3 is 0 Å². The molecule has 0 radical (unpaired) electrons. The standard InChI is InChI=1S/C21H15Cl2N3O2S/c22-14-6-4-8-16(12-14)24-19(27)13-5-3-7-15(11-13)25-21(29)26-20(28)17-9-1-2-10-18(17)23/h1-12H,(H,24,27)(H2,25,26,28,29). The van der Waals surface area contributed by atoms with Crippen LogP contribution in [0.3, 0.4) is 0 Å². The van der Waals surface area contributed by atoms with Crippen LogP contribution in [0.15, 0.2) is 72.8 Å². The summed E-state index contributed by atoms with van der Waals surface area (Å²) in [6, 6.07) is 20.2. The van der Waals surface area contributed by atoms with Crippen molar-refractivity contribution in [2.75, 3.05) is 10.6 Å². The Bertz CT molecular complexity index is 1090. The fourth-order valence-corrected chi connectivity index (χ4v) is 3.11. The van der Waals surface area contributed by atoms with E-state index in [1.54, 1.807) is 72.8 Å². The van der Waals surface area contributed by atoms with E-state index in [-0.39, 0.29) is 11.0 Å². The first-order valence-electron chi connectivity index (χ1n) is 8.46. The molecule has 3 rings (SSSR count). The molecule has 0 spiro atoms. The Kier molecular flexibility index (Phi) is 6.82. The van der Waals surface area contributed by atoms with E-state index in [1.165, 1.54) is 0 Å². The topological polar surface area (TPSA) is 70.2 Å². The van der Waals surface area contributed by atoms with Crippen LogP contribution in [0.25, 0.3) is 0 Å². The van der Waals surface area contributed by atoms with Crippen molar-refractivity contribution in [3.05, 3.63) is 94.0 Å². The van der Waals surface area contributed by atoms with Gasteiger partial charge in [-0.2, -0.15) is 0 Å². The molecule has 0 fully saturated rings. The molecule has 0 aromatic heterocycles. The van der Waals surface area contributed by atoms with Crippen molar-refractivity contribution >= 4 is 63.7 Å².